The minimum Gasteiger partial charge on any atom is -0.497 e. The first-order valence-corrected chi connectivity index (χ1v) is 8.45. The van der Waals surface area contributed by atoms with Crippen molar-refractivity contribution in [3.63, 3.8) is 0 Å². The van der Waals surface area contributed by atoms with Gasteiger partial charge in [-0.1, -0.05) is 13.8 Å². The molecule has 1 fully saturated rings. The second-order valence-corrected chi connectivity index (χ2v) is 6.46. The molecule has 0 N–H and O–H groups in total. The number of methoxy groups -OCH3 is 2. The van der Waals surface area contributed by atoms with Crippen molar-refractivity contribution < 1.29 is 14.3 Å². The Kier molecular flexibility index (Phi) is 6.67. The summed E-state index contributed by atoms with van der Waals surface area (Å²) >= 11 is 0. The van der Waals surface area contributed by atoms with Crippen LogP contribution in [0.2, 0.25) is 0 Å². The van der Waals surface area contributed by atoms with Crippen LogP contribution in [0.5, 0.6) is 11.5 Å². The number of hydrogen-bond donors (Lipinski definition) is 0. The van der Waals surface area contributed by atoms with Crippen molar-refractivity contribution in [1.82, 2.24) is 9.80 Å². The largest absolute Gasteiger partial charge is 0.497 e. The predicted molar refractivity (Wildman–Crippen MR) is 96.4 cm³/mol. The van der Waals surface area contributed by atoms with Crippen molar-refractivity contribution in [2.45, 2.75) is 13.8 Å². The summed E-state index contributed by atoms with van der Waals surface area (Å²) in [5, 5.41) is 0. The maximum absolute atomic E-state index is 12.4. The maximum Gasteiger partial charge on any atom is 0.246 e. The first kappa shape index (κ1) is 18.3. The van der Waals surface area contributed by atoms with Gasteiger partial charge >= 0.3 is 0 Å². The lowest BCUT2D eigenvalue weighted by atomic mass is 10.1. The number of rotatable bonds is 6. The van der Waals surface area contributed by atoms with Gasteiger partial charge in [0.2, 0.25) is 5.91 Å². The van der Waals surface area contributed by atoms with Gasteiger partial charge < -0.3 is 14.4 Å². The number of hydrogen-bond acceptors (Lipinski definition) is 4. The second-order valence-electron chi connectivity index (χ2n) is 6.46. The number of amides is 1. The SMILES string of the molecule is COc1ccc(C=CC(=O)N2CCN(CC(C)C)CC2)c(OC)c1. The average molecular weight is 332 g/mol. The molecule has 132 valence electrons. The number of benzene rings is 1. The molecule has 1 aromatic carbocycles. The van der Waals surface area contributed by atoms with Crippen molar-refractivity contribution in [1.29, 1.82) is 0 Å². The van der Waals surface area contributed by atoms with Crippen LogP contribution in [0.4, 0.5) is 0 Å². The summed E-state index contributed by atoms with van der Waals surface area (Å²) in [5.74, 6) is 2.14. The molecule has 1 amide bonds. The Bertz CT molecular complexity index is 576. The van der Waals surface area contributed by atoms with E-state index < -0.39 is 0 Å². The van der Waals surface area contributed by atoms with E-state index in [1.54, 1.807) is 26.4 Å². The maximum atomic E-state index is 12.4. The molecule has 1 aromatic rings. The quantitative estimate of drug-likeness (QED) is 0.751. The normalized spacial score (nSPS) is 16.0. The summed E-state index contributed by atoms with van der Waals surface area (Å²) in [5.41, 5.74) is 0.866. The molecule has 0 spiro atoms. The van der Waals surface area contributed by atoms with Crippen molar-refractivity contribution >= 4 is 12.0 Å². The summed E-state index contributed by atoms with van der Waals surface area (Å²) in [6.45, 7) is 9.02. The van der Waals surface area contributed by atoms with Crippen LogP contribution in [0.15, 0.2) is 24.3 Å². The average Bonchev–Trinajstić information content (AvgIpc) is 2.59. The monoisotopic (exact) mass is 332 g/mol. The van der Waals surface area contributed by atoms with Crippen LogP contribution in [0.3, 0.4) is 0 Å². The molecule has 1 heterocycles. The van der Waals surface area contributed by atoms with E-state index >= 15 is 0 Å². The molecule has 0 atom stereocenters. The first-order chi connectivity index (χ1) is 11.5. The number of carbonyl (C=O) groups excluding carboxylic acids is 1. The molecule has 5 heteroatoms. The Morgan fingerprint density at radius 2 is 1.88 bits per heavy atom. The predicted octanol–water partition coefficient (Wildman–Crippen LogP) is 2.52. The Morgan fingerprint density at radius 3 is 2.46 bits per heavy atom. The molecule has 1 saturated heterocycles. The van der Waals surface area contributed by atoms with Crippen LogP contribution in [0.1, 0.15) is 19.4 Å². The molecule has 0 bridgehead atoms. The summed E-state index contributed by atoms with van der Waals surface area (Å²) in [6.07, 6.45) is 3.43. The Hall–Kier alpha value is -2.01. The second kappa shape index (κ2) is 8.73. The van der Waals surface area contributed by atoms with Crippen molar-refractivity contribution in [3.05, 3.63) is 29.8 Å². The molecule has 0 unspecified atom stereocenters. The minimum absolute atomic E-state index is 0.0528. The highest BCUT2D eigenvalue weighted by atomic mass is 16.5. The number of ether oxygens (including phenoxy) is 2. The van der Waals surface area contributed by atoms with Gasteiger partial charge in [-0.3, -0.25) is 9.69 Å². The Labute approximate surface area is 144 Å². The molecule has 1 aliphatic rings. The van der Waals surface area contributed by atoms with E-state index in [1.807, 2.05) is 23.1 Å². The third-order valence-electron chi connectivity index (χ3n) is 4.15. The van der Waals surface area contributed by atoms with E-state index in [-0.39, 0.29) is 5.91 Å². The summed E-state index contributed by atoms with van der Waals surface area (Å²) in [7, 11) is 3.23. The summed E-state index contributed by atoms with van der Waals surface area (Å²) < 4.78 is 10.5. The molecule has 1 aliphatic heterocycles. The van der Waals surface area contributed by atoms with Crippen LogP contribution in [0, 0.1) is 5.92 Å². The minimum atomic E-state index is 0.0528. The lowest BCUT2D eigenvalue weighted by Gasteiger charge is -2.35. The molecule has 0 aromatic heterocycles. The van der Waals surface area contributed by atoms with Crippen molar-refractivity contribution in [2.24, 2.45) is 5.92 Å². The topological polar surface area (TPSA) is 42.0 Å². The zero-order valence-electron chi connectivity index (χ0n) is 15.1. The lowest BCUT2D eigenvalue weighted by molar-refractivity contribution is -0.127. The van der Waals surface area contributed by atoms with Gasteiger partial charge in [0.1, 0.15) is 11.5 Å². The zero-order valence-corrected chi connectivity index (χ0v) is 15.1. The van der Waals surface area contributed by atoms with Gasteiger partial charge in [-0.25, -0.2) is 0 Å². The molecule has 0 radical (unpaired) electrons. The fraction of sp³-hybridized carbons (Fsp3) is 0.526. The van der Waals surface area contributed by atoms with Gasteiger partial charge in [-0.05, 0) is 24.1 Å². The Balaban J connectivity index is 1.94. The number of carbonyl (C=O) groups is 1. The third kappa shape index (κ3) is 4.99. The van der Waals surface area contributed by atoms with E-state index in [0.717, 1.165) is 44.0 Å². The molecule has 0 aliphatic carbocycles. The smallest absolute Gasteiger partial charge is 0.246 e. The van der Waals surface area contributed by atoms with Gasteiger partial charge in [-0.2, -0.15) is 0 Å². The molecular formula is C19H28N2O3. The summed E-state index contributed by atoms with van der Waals surface area (Å²) in [4.78, 5) is 16.7. The fourth-order valence-corrected chi connectivity index (χ4v) is 2.89. The third-order valence-corrected chi connectivity index (χ3v) is 4.15. The standard InChI is InChI=1S/C19H28N2O3/c1-15(2)14-20-9-11-21(12-10-20)19(22)8-6-16-5-7-17(23-3)13-18(16)24-4/h5-8,13,15H,9-12,14H2,1-4H3. The van der Waals surface area contributed by atoms with Crippen molar-refractivity contribution in [2.75, 3.05) is 46.9 Å². The van der Waals surface area contributed by atoms with Gasteiger partial charge in [0.25, 0.3) is 0 Å². The molecule has 0 saturated carbocycles. The van der Waals surface area contributed by atoms with Gasteiger partial charge in [0.05, 0.1) is 14.2 Å². The fourth-order valence-electron chi connectivity index (χ4n) is 2.89. The van der Waals surface area contributed by atoms with Crippen molar-refractivity contribution in [3.8, 4) is 11.5 Å². The number of piperazine rings is 1. The van der Waals surface area contributed by atoms with E-state index in [9.17, 15) is 4.79 Å². The van der Waals surface area contributed by atoms with E-state index in [2.05, 4.69) is 18.7 Å². The first-order valence-electron chi connectivity index (χ1n) is 8.45. The van der Waals surface area contributed by atoms with Gasteiger partial charge in [0.15, 0.2) is 0 Å². The zero-order chi connectivity index (χ0) is 17.5. The lowest BCUT2D eigenvalue weighted by Crippen LogP contribution is -2.49. The van der Waals surface area contributed by atoms with E-state index in [0.29, 0.717) is 11.7 Å². The molecule has 24 heavy (non-hydrogen) atoms. The molecule has 2 rings (SSSR count). The summed E-state index contributed by atoms with van der Waals surface area (Å²) in [6, 6.07) is 5.56. The van der Waals surface area contributed by atoms with Crippen LogP contribution in [-0.2, 0) is 4.79 Å². The highest BCUT2D eigenvalue weighted by molar-refractivity contribution is 5.92. The molecule has 5 nitrogen and oxygen atoms in total. The van der Waals surface area contributed by atoms with Crippen LogP contribution in [0.25, 0.3) is 6.08 Å². The highest BCUT2D eigenvalue weighted by Gasteiger charge is 2.19. The number of nitrogens with zero attached hydrogens (tertiary/aromatic N) is 2. The van der Waals surface area contributed by atoms with E-state index in [1.165, 1.54) is 0 Å². The Morgan fingerprint density at radius 1 is 1.17 bits per heavy atom. The van der Waals surface area contributed by atoms with Crippen LogP contribution >= 0.6 is 0 Å². The highest BCUT2D eigenvalue weighted by Crippen LogP contribution is 2.25. The van der Waals surface area contributed by atoms with Crippen LogP contribution in [-0.4, -0.2) is 62.7 Å². The van der Waals surface area contributed by atoms with Gasteiger partial charge in [0, 0.05) is 50.4 Å². The van der Waals surface area contributed by atoms with E-state index in [4.69, 9.17) is 9.47 Å². The van der Waals surface area contributed by atoms with Crippen LogP contribution < -0.4 is 9.47 Å². The van der Waals surface area contributed by atoms with Gasteiger partial charge in [-0.15, -0.1) is 0 Å². The molecular weight excluding hydrogens is 304 g/mol.